The van der Waals surface area contributed by atoms with Crippen LogP contribution in [-0.4, -0.2) is 6.34 Å². The normalized spacial score (nSPS) is 10.9. The van der Waals surface area contributed by atoms with Crippen LogP contribution in [0.1, 0.15) is 11.1 Å². The summed E-state index contributed by atoms with van der Waals surface area (Å²) in [4.78, 5) is 4.39. The molecule has 2 aromatic carbocycles. The van der Waals surface area contributed by atoms with Gasteiger partial charge in [-0.2, -0.15) is 0 Å². The molecule has 1 N–H and O–H groups in total. The van der Waals surface area contributed by atoms with Crippen molar-refractivity contribution in [1.82, 2.24) is 0 Å². The van der Waals surface area contributed by atoms with Gasteiger partial charge < -0.3 is 5.32 Å². The molecule has 2 rings (SSSR count). The van der Waals surface area contributed by atoms with Gasteiger partial charge in [0.05, 0.1) is 12.0 Å². The monoisotopic (exact) mass is 380 g/mol. The molecule has 0 aliphatic carbocycles. The summed E-state index contributed by atoms with van der Waals surface area (Å²) in [7, 11) is 0. The number of hydrogen-bond donors (Lipinski definition) is 1. The fraction of sp³-hybridized carbons (Fsp3) is 0.133. The Morgan fingerprint density at radius 3 is 2.21 bits per heavy atom. The Hall–Kier alpha value is -1.13. The van der Waals surface area contributed by atoms with E-state index in [1.807, 2.05) is 30.3 Å². The van der Waals surface area contributed by atoms with Crippen LogP contribution in [0.15, 0.2) is 50.3 Å². The van der Waals surface area contributed by atoms with E-state index in [4.69, 9.17) is 0 Å². The number of aliphatic imine (C=N–C) groups is 1. The molecule has 0 aromatic heterocycles. The van der Waals surface area contributed by atoms with Crippen LogP contribution in [0.25, 0.3) is 0 Å². The number of halogens is 2. The van der Waals surface area contributed by atoms with Crippen LogP contribution in [0, 0.1) is 13.8 Å². The summed E-state index contributed by atoms with van der Waals surface area (Å²) in [6.07, 6.45) is 1.71. The average molecular weight is 382 g/mol. The number of benzene rings is 2. The molecule has 0 aliphatic rings. The lowest BCUT2D eigenvalue weighted by Crippen LogP contribution is -1.94. The molecule has 0 heterocycles. The third kappa shape index (κ3) is 3.91. The molecule has 4 heteroatoms. The van der Waals surface area contributed by atoms with Crippen molar-refractivity contribution in [3.8, 4) is 0 Å². The summed E-state index contributed by atoms with van der Waals surface area (Å²) in [5.74, 6) is 0. The molecule has 0 atom stereocenters. The van der Waals surface area contributed by atoms with Gasteiger partial charge >= 0.3 is 0 Å². The van der Waals surface area contributed by atoms with E-state index in [0.717, 1.165) is 20.3 Å². The molecule has 0 amide bonds. The lowest BCUT2D eigenvalue weighted by Gasteiger charge is -2.04. The molecule has 0 unspecified atom stereocenters. The van der Waals surface area contributed by atoms with Crippen molar-refractivity contribution >= 4 is 49.6 Å². The average Bonchev–Trinajstić information content (AvgIpc) is 2.38. The highest BCUT2D eigenvalue weighted by atomic mass is 79.9. The SMILES string of the molecule is Cc1cc(N=CNc2ccc(Br)c(C)c2)ccc1Br. The molecule has 0 saturated heterocycles. The Kier molecular flexibility index (Phi) is 4.77. The maximum absolute atomic E-state index is 4.39. The molecule has 0 spiro atoms. The zero-order valence-corrected chi connectivity index (χ0v) is 13.9. The number of nitrogens with zero attached hydrogens (tertiary/aromatic N) is 1. The van der Waals surface area contributed by atoms with E-state index >= 15 is 0 Å². The van der Waals surface area contributed by atoms with Crippen LogP contribution in [0.3, 0.4) is 0 Å². The minimum atomic E-state index is 0.932. The molecule has 98 valence electrons. The van der Waals surface area contributed by atoms with Gasteiger partial charge in [-0.15, -0.1) is 0 Å². The van der Waals surface area contributed by atoms with Gasteiger partial charge in [-0.3, -0.25) is 0 Å². The van der Waals surface area contributed by atoms with E-state index < -0.39 is 0 Å². The Bertz CT molecular complexity index is 622. The second-order valence-corrected chi connectivity index (χ2v) is 6.01. The van der Waals surface area contributed by atoms with E-state index in [9.17, 15) is 0 Å². The summed E-state index contributed by atoms with van der Waals surface area (Å²) >= 11 is 6.96. The van der Waals surface area contributed by atoms with Crippen LogP contribution in [0.5, 0.6) is 0 Å². The molecule has 19 heavy (non-hydrogen) atoms. The molecule has 0 fully saturated rings. The predicted molar refractivity (Wildman–Crippen MR) is 89.5 cm³/mol. The molecule has 0 aliphatic heterocycles. The van der Waals surface area contributed by atoms with Crippen LogP contribution in [-0.2, 0) is 0 Å². The lowest BCUT2D eigenvalue weighted by molar-refractivity contribution is 1.39. The molecule has 0 bridgehead atoms. The van der Waals surface area contributed by atoms with Crippen molar-refractivity contribution in [3.05, 3.63) is 56.5 Å². The van der Waals surface area contributed by atoms with E-state index in [-0.39, 0.29) is 0 Å². The number of anilines is 1. The Morgan fingerprint density at radius 1 is 0.947 bits per heavy atom. The van der Waals surface area contributed by atoms with E-state index in [0.29, 0.717) is 0 Å². The van der Waals surface area contributed by atoms with Crippen molar-refractivity contribution in [2.24, 2.45) is 4.99 Å². The van der Waals surface area contributed by atoms with Crippen LogP contribution >= 0.6 is 31.9 Å². The number of aryl methyl sites for hydroxylation is 2. The summed E-state index contributed by atoms with van der Waals surface area (Å²) < 4.78 is 2.21. The summed E-state index contributed by atoms with van der Waals surface area (Å²) in [6, 6.07) is 12.1. The van der Waals surface area contributed by atoms with Crippen LogP contribution in [0.4, 0.5) is 11.4 Å². The topological polar surface area (TPSA) is 24.4 Å². The predicted octanol–water partition coefficient (Wildman–Crippen LogP) is 5.60. The minimum Gasteiger partial charge on any atom is -0.346 e. The molecular formula is C15H14Br2N2. The first-order valence-electron chi connectivity index (χ1n) is 5.87. The first-order valence-corrected chi connectivity index (χ1v) is 7.46. The molecular weight excluding hydrogens is 368 g/mol. The van der Waals surface area contributed by atoms with Crippen molar-refractivity contribution < 1.29 is 0 Å². The van der Waals surface area contributed by atoms with Gasteiger partial charge in [0.15, 0.2) is 0 Å². The van der Waals surface area contributed by atoms with Gasteiger partial charge in [-0.25, -0.2) is 4.99 Å². The molecule has 0 saturated carbocycles. The van der Waals surface area contributed by atoms with Gasteiger partial charge in [0.2, 0.25) is 0 Å². The summed E-state index contributed by atoms with van der Waals surface area (Å²) in [5, 5.41) is 3.17. The smallest absolute Gasteiger partial charge is 0.0930 e. The largest absolute Gasteiger partial charge is 0.346 e. The highest BCUT2D eigenvalue weighted by molar-refractivity contribution is 9.10. The molecule has 2 aromatic rings. The minimum absolute atomic E-state index is 0.932. The van der Waals surface area contributed by atoms with Crippen molar-refractivity contribution in [1.29, 1.82) is 0 Å². The maximum atomic E-state index is 4.39. The highest BCUT2D eigenvalue weighted by Crippen LogP contribution is 2.22. The van der Waals surface area contributed by atoms with Gasteiger partial charge in [0.1, 0.15) is 0 Å². The van der Waals surface area contributed by atoms with Gasteiger partial charge in [-0.1, -0.05) is 31.9 Å². The number of hydrogen-bond acceptors (Lipinski definition) is 1. The number of rotatable bonds is 3. The van der Waals surface area contributed by atoms with Crippen LogP contribution < -0.4 is 5.32 Å². The molecule has 0 radical (unpaired) electrons. The van der Waals surface area contributed by atoms with Gasteiger partial charge in [-0.05, 0) is 61.4 Å². The summed E-state index contributed by atoms with van der Waals surface area (Å²) in [5.41, 5.74) is 4.33. The third-order valence-corrected chi connectivity index (χ3v) is 4.52. The Balaban J connectivity index is 2.06. The Labute approximate surface area is 130 Å². The third-order valence-electron chi connectivity index (χ3n) is 2.74. The van der Waals surface area contributed by atoms with Gasteiger partial charge in [0.25, 0.3) is 0 Å². The van der Waals surface area contributed by atoms with E-state index in [1.54, 1.807) is 6.34 Å². The second-order valence-electron chi connectivity index (χ2n) is 4.30. The quantitative estimate of drug-likeness (QED) is 0.543. The summed E-state index contributed by atoms with van der Waals surface area (Å²) in [6.45, 7) is 4.11. The Morgan fingerprint density at radius 2 is 1.58 bits per heavy atom. The van der Waals surface area contributed by atoms with Crippen molar-refractivity contribution in [2.75, 3.05) is 5.32 Å². The highest BCUT2D eigenvalue weighted by Gasteiger charge is 1.96. The number of nitrogens with one attached hydrogen (secondary N) is 1. The first-order chi connectivity index (χ1) is 9.06. The molecule has 2 nitrogen and oxygen atoms in total. The van der Waals surface area contributed by atoms with E-state index in [2.05, 4.69) is 62.1 Å². The zero-order chi connectivity index (χ0) is 13.8. The fourth-order valence-corrected chi connectivity index (χ4v) is 2.12. The maximum Gasteiger partial charge on any atom is 0.0930 e. The standard InChI is InChI=1S/C15H14Br2N2/c1-10-7-12(3-5-14(10)16)18-9-19-13-4-6-15(17)11(2)8-13/h3-9H,1-2H3,(H,18,19). The zero-order valence-electron chi connectivity index (χ0n) is 10.7. The fourth-order valence-electron chi connectivity index (χ4n) is 1.62. The second kappa shape index (κ2) is 6.35. The first kappa shape index (κ1) is 14.3. The van der Waals surface area contributed by atoms with Crippen molar-refractivity contribution in [3.63, 3.8) is 0 Å². The van der Waals surface area contributed by atoms with Crippen molar-refractivity contribution in [2.45, 2.75) is 13.8 Å². The van der Waals surface area contributed by atoms with E-state index in [1.165, 1.54) is 11.1 Å². The van der Waals surface area contributed by atoms with Crippen LogP contribution in [0.2, 0.25) is 0 Å². The van der Waals surface area contributed by atoms with Gasteiger partial charge in [0, 0.05) is 14.6 Å². The lowest BCUT2D eigenvalue weighted by atomic mass is 10.2.